The number of nitrogens with one attached hydrogen (secondary N) is 2. The van der Waals surface area contributed by atoms with E-state index in [1.165, 1.54) is 43.5 Å². The Balaban J connectivity index is 1.50. The Kier molecular flexibility index (Phi) is 8.60. The van der Waals surface area contributed by atoms with Crippen LogP contribution in [0, 0.1) is 0 Å². The summed E-state index contributed by atoms with van der Waals surface area (Å²) >= 11 is 6.23. The van der Waals surface area contributed by atoms with Crippen molar-refractivity contribution < 1.29 is 33.4 Å². The average Bonchev–Trinajstić information content (AvgIpc) is 3.18. The van der Waals surface area contributed by atoms with E-state index in [9.17, 15) is 24.0 Å². The van der Waals surface area contributed by atoms with Crippen molar-refractivity contribution in [2.75, 3.05) is 29.3 Å². The van der Waals surface area contributed by atoms with Gasteiger partial charge in [0.15, 0.2) is 0 Å². The van der Waals surface area contributed by atoms with Crippen LogP contribution in [0.15, 0.2) is 83.5 Å². The second-order valence-corrected chi connectivity index (χ2v) is 8.93. The van der Waals surface area contributed by atoms with Gasteiger partial charge in [-0.15, -0.1) is 0 Å². The highest BCUT2D eigenvalue weighted by molar-refractivity contribution is 6.53. The molecule has 3 aromatic rings. The number of nitrogens with zero attached hydrogens (tertiary/aromatic N) is 1. The van der Waals surface area contributed by atoms with Gasteiger partial charge >= 0.3 is 11.9 Å². The first-order chi connectivity index (χ1) is 19.2. The molecule has 0 aromatic heterocycles. The van der Waals surface area contributed by atoms with E-state index < -0.39 is 29.7 Å². The topological polar surface area (TPSA) is 131 Å². The summed E-state index contributed by atoms with van der Waals surface area (Å²) in [6, 6.07) is 18.4. The maximum Gasteiger partial charge on any atom is 0.338 e. The van der Waals surface area contributed by atoms with Crippen molar-refractivity contribution in [3.8, 4) is 0 Å². The number of benzene rings is 3. The van der Waals surface area contributed by atoms with Gasteiger partial charge in [0.25, 0.3) is 17.7 Å². The first kappa shape index (κ1) is 28.1. The van der Waals surface area contributed by atoms with Crippen molar-refractivity contribution in [3.05, 3.63) is 100 Å². The van der Waals surface area contributed by atoms with Gasteiger partial charge < -0.3 is 20.1 Å². The maximum atomic E-state index is 13.2. The molecule has 2 N–H and O–H groups in total. The summed E-state index contributed by atoms with van der Waals surface area (Å²) in [5.41, 5.74) is 1.35. The van der Waals surface area contributed by atoms with Gasteiger partial charge in [-0.1, -0.05) is 36.7 Å². The van der Waals surface area contributed by atoms with Crippen molar-refractivity contribution in [3.63, 3.8) is 0 Å². The van der Waals surface area contributed by atoms with Gasteiger partial charge in [0.2, 0.25) is 0 Å². The minimum atomic E-state index is -0.776. The molecule has 0 atom stereocenters. The fourth-order valence-corrected chi connectivity index (χ4v) is 4.04. The number of halogens is 1. The first-order valence-corrected chi connectivity index (χ1v) is 12.5. The zero-order chi connectivity index (χ0) is 28.8. The molecule has 0 fully saturated rings. The molecule has 4 rings (SSSR count). The second-order valence-electron chi connectivity index (χ2n) is 8.55. The SMILES string of the molecule is CCCOC(=O)c1cccc(NC(=O)c2cccc(NC3=C(Cl)C(=O)N(c4cccc(C(=O)OC)c4)C3=O)c2)c1. The minimum absolute atomic E-state index is 0.141. The summed E-state index contributed by atoms with van der Waals surface area (Å²) in [6.45, 7) is 2.18. The Hall–Kier alpha value is -4.96. The van der Waals surface area contributed by atoms with E-state index in [0.29, 0.717) is 30.0 Å². The molecule has 0 aliphatic carbocycles. The number of amides is 3. The molecule has 0 unspecified atom stereocenters. The summed E-state index contributed by atoms with van der Waals surface area (Å²) in [5, 5.41) is 5.20. The monoisotopic (exact) mass is 561 g/mol. The summed E-state index contributed by atoms with van der Waals surface area (Å²) in [5.74, 6) is -3.10. The largest absolute Gasteiger partial charge is 0.465 e. The Bertz CT molecular complexity index is 1550. The molecule has 3 aromatic carbocycles. The molecule has 0 spiro atoms. The number of carbonyl (C=O) groups is 5. The van der Waals surface area contributed by atoms with E-state index in [0.717, 1.165) is 4.90 Å². The number of rotatable bonds is 9. The minimum Gasteiger partial charge on any atom is -0.465 e. The van der Waals surface area contributed by atoms with Crippen LogP contribution in [0.2, 0.25) is 0 Å². The van der Waals surface area contributed by atoms with Gasteiger partial charge in [0.05, 0.1) is 30.5 Å². The Morgan fingerprint density at radius 2 is 1.45 bits per heavy atom. The van der Waals surface area contributed by atoms with Crippen molar-refractivity contribution >= 4 is 58.3 Å². The van der Waals surface area contributed by atoms with Gasteiger partial charge in [-0.2, -0.15) is 0 Å². The molecule has 204 valence electrons. The molecule has 3 amide bonds. The van der Waals surface area contributed by atoms with E-state index >= 15 is 0 Å². The molecule has 0 saturated carbocycles. The standard InChI is InChI=1S/C29H24ClN3O7/c1-3-13-40-29(38)18-8-5-11-21(15-18)32-25(34)17-7-4-10-20(14-17)31-24-23(30)26(35)33(27(24)36)22-12-6-9-19(16-22)28(37)39-2/h4-12,14-16,31H,3,13H2,1-2H3,(H,32,34). The molecule has 1 aliphatic heterocycles. The summed E-state index contributed by atoms with van der Waals surface area (Å²) in [4.78, 5) is 63.8. The number of imide groups is 1. The first-order valence-electron chi connectivity index (χ1n) is 12.2. The third-order valence-corrected chi connectivity index (χ3v) is 6.09. The summed E-state index contributed by atoms with van der Waals surface area (Å²) in [6.07, 6.45) is 0.690. The Labute approximate surface area is 234 Å². The predicted molar refractivity (Wildman–Crippen MR) is 148 cm³/mol. The fourth-order valence-electron chi connectivity index (χ4n) is 3.82. The molecule has 1 aliphatic rings. The number of anilines is 3. The molecule has 0 bridgehead atoms. The van der Waals surface area contributed by atoms with Gasteiger partial charge in [0.1, 0.15) is 10.7 Å². The highest BCUT2D eigenvalue weighted by Crippen LogP contribution is 2.31. The van der Waals surface area contributed by atoms with Crippen LogP contribution in [0.3, 0.4) is 0 Å². The van der Waals surface area contributed by atoms with Crippen LogP contribution < -0.4 is 15.5 Å². The average molecular weight is 562 g/mol. The van der Waals surface area contributed by atoms with Crippen molar-refractivity contribution in [2.24, 2.45) is 0 Å². The van der Waals surface area contributed by atoms with Crippen molar-refractivity contribution in [1.82, 2.24) is 0 Å². The normalized spacial score (nSPS) is 12.8. The number of ether oxygens (including phenoxy) is 2. The zero-order valence-corrected chi connectivity index (χ0v) is 22.3. The molecule has 11 heteroatoms. The number of esters is 2. The third-order valence-electron chi connectivity index (χ3n) is 5.74. The van der Waals surface area contributed by atoms with E-state index in [-0.39, 0.29) is 27.5 Å². The lowest BCUT2D eigenvalue weighted by Gasteiger charge is -2.16. The zero-order valence-electron chi connectivity index (χ0n) is 21.5. The summed E-state index contributed by atoms with van der Waals surface area (Å²) < 4.78 is 9.83. The molecule has 1 heterocycles. The molecular formula is C29H24ClN3O7. The van der Waals surface area contributed by atoms with E-state index in [2.05, 4.69) is 10.6 Å². The number of carbonyl (C=O) groups excluding carboxylic acids is 5. The van der Waals surface area contributed by atoms with Gasteiger partial charge in [-0.25, -0.2) is 14.5 Å². The van der Waals surface area contributed by atoms with Gasteiger partial charge in [0, 0.05) is 16.9 Å². The maximum absolute atomic E-state index is 13.2. The van der Waals surface area contributed by atoms with E-state index in [4.69, 9.17) is 21.1 Å². The lowest BCUT2D eigenvalue weighted by molar-refractivity contribution is -0.120. The van der Waals surface area contributed by atoms with Crippen LogP contribution in [0.25, 0.3) is 0 Å². The van der Waals surface area contributed by atoms with Crippen LogP contribution in [0.4, 0.5) is 17.1 Å². The highest BCUT2D eigenvalue weighted by atomic mass is 35.5. The van der Waals surface area contributed by atoms with Crippen LogP contribution in [0.5, 0.6) is 0 Å². The summed E-state index contributed by atoms with van der Waals surface area (Å²) in [7, 11) is 1.22. The van der Waals surface area contributed by atoms with Gasteiger partial charge in [-0.3, -0.25) is 14.4 Å². The molecule has 0 radical (unpaired) electrons. The number of methoxy groups -OCH3 is 1. The second kappa shape index (κ2) is 12.3. The Morgan fingerprint density at radius 1 is 0.825 bits per heavy atom. The van der Waals surface area contributed by atoms with Crippen LogP contribution in [-0.4, -0.2) is 43.4 Å². The van der Waals surface area contributed by atoms with Gasteiger partial charge in [-0.05, 0) is 61.0 Å². The van der Waals surface area contributed by atoms with E-state index in [1.807, 2.05) is 6.92 Å². The highest BCUT2D eigenvalue weighted by Gasteiger charge is 2.39. The molecule has 10 nitrogen and oxygen atoms in total. The quantitative estimate of drug-likeness (QED) is 0.283. The van der Waals surface area contributed by atoms with Crippen LogP contribution in [0.1, 0.15) is 44.4 Å². The molecule has 0 saturated heterocycles. The van der Waals surface area contributed by atoms with Crippen molar-refractivity contribution in [2.45, 2.75) is 13.3 Å². The lowest BCUT2D eigenvalue weighted by atomic mass is 10.1. The smallest absolute Gasteiger partial charge is 0.338 e. The third kappa shape index (κ3) is 6.02. The molecule has 40 heavy (non-hydrogen) atoms. The lowest BCUT2D eigenvalue weighted by Crippen LogP contribution is -2.32. The predicted octanol–water partition coefficient (Wildman–Crippen LogP) is 4.73. The Morgan fingerprint density at radius 3 is 2.15 bits per heavy atom. The van der Waals surface area contributed by atoms with Crippen LogP contribution >= 0.6 is 11.6 Å². The van der Waals surface area contributed by atoms with E-state index in [1.54, 1.807) is 36.4 Å². The van der Waals surface area contributed by atoms with Crippen molar-refractivity contribution in [1.29, 1.82) is 0 Å². The van der Waals surface area contributed by atoms with Crippen LogP contribution in [-0.2, 0) is 19.1 Å². The number of hydrogen-bond donors (Lipinski definition) is 2. The fraction of sp³-hybridized carbons (Fsp3) is 0.138. The molecular weight excluding hydrogens is 538 g/mol. The number of hydrogen-bond acceptors (Lipinski definition) is 8.